The molecule has 4 aromatic carbocycles. The normalized spacial score (nSPS) is 11.8. The fourth-order valence-corrected chi connectivity index (χ4v) is 8.64. The predicted molar refractivity (Wildman–Crippen MR) is 148 cm³/mol. The Balaban J connectivity index is 1.52. The number of aryl methyl sites for hydroxylation is 1. The van der Waals surface area contributed by atoms with Crippen LogP contribution in [0.4, 0.5) is 0 Å². The first-order valence-corrected chi connectivity index (χ1v) is 14.6. The lowest BCUT2D eigenvalue weighted by Crippen LogP contribution is -2.46. The van der Waals surface area contributed by atoms with Gasteiger partial charge in [0.05, 0.1) is 6.21 Å². The van der Waals surface area contributed by atoms with Gasteiger partial charge in [0.25, 0.3) is 8.32 Å². The van der Waals surface area contributed by atoms with Gasteiger partial charge in [-0.25, -0.2) is 0 Å². The minimum Gasteiger partial charge on any atom is -0.454 e. The highest BCUT2D eigenvalue weighted by atomic mass is 28.4. The lowest BCUT2D eigenvalue weighted by molar-refractivity contribution is 0.319. The third-order valence-corrected chi connectivity index (χ3v) is 10.1. The van der Waals surface area contributed by atoms with E-state index in [2.05, 4.69) is 138 Å². The standard InChI is InChI=1S/C31H30N2OSi/c1-33-22-29(30-19-11-12-20-31(30)33)21-32-34-35(23-26-13-5-2-6-14-26,24-27-15-7-3-8-16-27)25-28-17-9-4-10-18-28/h2-22H,23-25H2,1H3/b32-21+. The van der Waals surface area contributed by atoms with Crippen LogP contribution in [0, 0.1) is 0 Å². The van der Waals surface area contributed by atoms with Crippen LogP contribution in [0.15, 0.2) is 127 Å². The summed E-state index contributed by atoms with van der Waals surface area (Å²) in [6.07, 6.45) is 4.01. The first kappa shape index (κ1) is 22.9. The van der Waals surface area contributed by atoms with Crippen LogP contribution in [0.3, 0.4) is 0 Å². The molecule has 35 heavy (non-hydrogen) atoms. The van der Waals surface area contributed by atoms with Crippen molar-refractivity contribution in [3.8, 4) is 0 Å². The zero-order valence-corrected chi connectivity index (χ0v) is 21.0. The summed E-state index contributed by atoms with van der Waals surface area (Å²) in [7, 11) is -0.368. The van der Waals surface area contributed by atoms with Crippen LogP contribution in [0.1, 0.15) is 22.3 Å². The second-order valence-corrected chi connectivity index (χ2v) is 12.8. The van der Waals surface area contributed by atoms with E-state index in [1.807, 2.05) is 6.21 Å². The summed E-state index contributed by atoms with van der Waals surface area (Å²) >= 11 is 0. The molecule has 1 heterocycles. The Morgan fingerprint density at radius 1 is 0.657 bits per heavy atom. The minimum absolute atomic E-state index is 0.893. The maximum absolute atomic E-state index is 6.70. The molecule has 0 radical (unpaired) electrons. The van der Waals surface area contributed by atoms with Crippen LogP contribution in [0.25, 0.3) is 10.9 Å². The molecule has 0 aliphatic rings. The van der Waals surface area contributed by atoms with Crippen LogP contribution in [0.2, 0.25) is 0 Å². The van der Waals surface area contributed by atoms with Gasteiger partial charge in [-0.2, -0.15) is 0 Å². The molecule has 0 unspecified atom stereocenters. The number of fused-ring (bicyclic) bond motifs is 1. The quantitative estimate of drug-likeness (QED) is 0.131. The van der Waals surface area contributed by atoms with Crippen LogP contribution in [-0.2, 0) is 29.7 Å². The third kappa shape index (κ3) is 5.61. The Hall–Kier alpha value is -3.89. The van der Waals surface area contributed by atoms with Gasteiger partial charge in [0.1, 0.15) is 0 Å². The molecule has 0 N–H and O–H groups in total. The molecule has 0 bridgehead atoms. The van der Waals surface area contributed by atoms with Crippen molar-refractivity contribution in [2.75, 3.05) is 0 Å². The van der Waals surface area contributed by atoms with Gasteiger partial charge in [0.2, 0.25) is 0 Å². The van der Waals surface area contributed by atoms with E-state index in [1.54, 1.807) is 0 Å². The first-order valence-electron chi connectivity index (χ1n) is 12.1. The molecule has 4 heteroatoms. The number of rotatable bonds is 9. The smallest absolute Gasteiger partial charge is 0.300 e. The van der Waals surface area contributed by atoms with Crippen molar-refractivity contribution in [3.05, 3.63) is 144 Å². The number of hydrogen-bond acceptors (Lipinski definition) is 2. The predicted octanol–water partition coefficient (Wildman–Crippen LogP) is 6.82. The fraction of sp³-hybridized carbons (Fsp3) is 0.129. The van der Waals surface area contributed by atoms with Crippen LogP contribution < -0.4 is 0 Å². The summed E-state index contributed by atoms with van der Waals surface area (Å²) in [6.45, 7) is 0. The molecular formula is C31H30N2OSi. The van der Waals surface area contributed by atoms with Gasteiger partial charge in [0.15, 0.2) is 0 Å². The van der Waals surface area contributed by atoms with Gasteiger partial charge in [-0.15, -0.1) is 5.16 Å². The molecule has 0 atom stereocenters. The average Bonchev–Trinajstić information content (AvgIpc) is 3.21. The second kappa shape index (κ2) is 10.6. The van der Waals surface area contributed by atoms with Gasteiger partial charge in [-0.3, -0.25) is 0 Å². The van der Waals surface area contributed by atoms with Gasteiger partial charge >= 0.3 is 0 Å². The largest absolute Gasteiger partial charge is 0.454 e. The molecule has 5 aromatic rings. The van der Waals surface area contributed by atoms with Crippen molar-refractivity contribution >= 4 is 25.4 Å². The average molecular weight is 475 g/mol. The van der Waals surface area contributed by atoms with Crippen molar-refractivity contribution in [1.29, 1.82) is 0 Å². The van der Waals surface area contributed by atoms with E-state index in [-0.39, 0.29) is 0 Å². The van der Waals surface area contributed by atoms with Crippen molar-refractivity contribution in [2.45, 2.75) is 18.1 Å². The maximum Gasteiger partial charge on any atom is 0.300 e. The van der Waals surface area contributed by atoms with Crippen LogP contribution >= 0.6 is 0 Å². The summed E-state index contributed by atoms with van der Waals surface area (Å²) in [6, 6.07) is 43.2. The Bertz CT molecular complexity index is 1290. The molecule has 0 fully saturated rings. The summed E-state index contributed by atoms with van der Waals surface area (Å²) < 4.78 is 8.84. The third-order valence-electron chi connectivity index (χ3n) is 6.47. The lowest BCUT2D eigenvalue weighted by Gasteiger charge is -2.29. The molecule has 0 aliphatic carbocycles. The SMILES string of the molecule is Cn1cc(/C=N/O[Si](Cc2ccccc2)(Cc2ccccc2)Cc2ccccc2)c2ccccc21. The van der Waals surface area contributed by atoms with E-state index >= 15 is 0 Å². The molecular weight excluding hydrogens is 444 g/mol. The van der Waals surface area contributed by atoms with Crippen LogP contribution in [-0.4, -0.2) is 19.1 Å². The highest BCUT2D eigenvalue weighted by Crippen LogP contribution is 2.25. The molecule has 0 saturated heterocycles. The topological polar surface area (TPSA) is 26.5 Å². The monoisotopic (exact) mass is 474 g/mol. The highest BCUT2D eigenvalue weighted by molar-refractivity contribution is 6.72. The van der Waals surface area contributed by atoms with Crippen molar-refractivity contribution in [3.63, 3.8) is 0 Å². The summed E-state index contributed by atoms with van der Waals surface area (Å²) in [5.74, 6) is 0. The van der Waals surface area contributed by atoms with Crippen molar-refractivity contribution in [1.82, 2.24) is 4.57 Å². The number of benzene rings is 4. The van der Waals surface area contributed by atoms with Gasteiger partial charge in [0, 0.05) is 47.8 Å². The minimum atomic E-state index is -2.44. The van der Waals surface area contributed by atoms with E-state index in [1.165, 1.54) is 27.6 Å². The molecule has 174 valence electrons. The first-order chi connectivity index (χ1) is 17.2. The fourth-order valence-electron chi connectivity index (χ4n) is 4.86. The van der Waals surface area contributed by atoms with Gasteiger partial charge in [-0.1, -0.05) is 109 Å². The van der Waals surface area contributed by atoms with E-state index in [9.17, 15) is 0 Å². The highest BCUT2D eigenvalue weighted by Gasteiger charge is 2.39. The molecule has 0 spiro atoms. The Morgan fingerprint density at radius 3 is 1.63 bits per heavy atom. The number of oxime groups is 1. The van der Waals surface area contributed by atoms with E-state index < -0.39 is 8.32 Å². The maximum atomic E-state index is 6.70. The van der Waals surface area contributed by atoms with Crippen molar-refractivity contribution < 1.29 is 4.53 Å². The number of para-hydroxylation sites is 1. The van der Waals surface area contributed by atoms with E-state index in [0.717, 1.165) is 23.7 Å². The molecule has 1 aromatic heterocycles. The Labute approximate surface area is 208 Å². The zero-order chi connectivity index (χ0) is 23.9. The van der Waals surface area contributed by atoms with Crippen LogP contribution in [0.5, 0.6) is 0 Å². The molecule has 3 nitrogen and oxygen atoms in total. The number of hydrogen-bond donors (Lipinski definition) is 0. The van der Waals surface area contributed by atoms with E-state index in [0.29, 0.717) is 0 Å². The van der Waals surface area contributed by atoms with Gasteiger partial charge in [-0.05, 0) is 22.8 Å². The number of nitrogens with zero attached hydrogens (tertiary/aromatic N) is 2. The van der Waals surface area contributed by atoms with Gasteiger partial charge < -0.3 is 9.09 Å². The number of aromatic nitrogens is 1. The molecule has 5 rings (SSSR count). The van der Waals surface area contributed by atoms with E-state index in [4.69, 9.17) is 4.53 Å². The Morgan fingerprint density at radius 2 is 1.11 bits per heavy atom. The second-order valence-electron chi connectivity index (χ2n) is 9.21. The molecule has 0 aliphatic heterocycles. The lowest BCUT2D eigenvalue weighted by atomic mass is 10.2. The molecule has 0 saturated carbocycles. The zero-order valence-electron chi connectivity index (χ0n) is 20.0. The van der Waals surface area contributed by atoms with Crippen molar-refractivity contribution in [2.24, 2.45) is 12.2 Å². The summed E-state index contributed by atoms with van der Waals surface area (Å²) in [5, 5.41) is 5.87. The summed E-state index contributed by atoms with van der Waals surface area (Å²) in [5.41, 5.74) is 6.16. The summed E-state index contributed by atoms with van der Waals surface area (Å²) in [4.78, 5) is 0. The Kier molecular flexibility index (Phi) is 6.91. The molecule has 0 amide bonds.